The molecule has 2 aromatic heterocycles. The summed E-state index contributed by atoms with van der Waals surface area (Å²) in [4.78, 5) is 12.1. The topological polar surface area (TPSA) is 50.7 Å². The lowest BCUT2D eigenvalue weighted by atomic mass is 10.2. The third-order valence-electron chi connectivity index (χ3n) is 2.34. The molecule has 2 aromatic rings. The van der Waals surface area contributed by atoms with Crippen molar-refractivity contribution in [3.05, 3.63) is 35.7 Å². The number of aryl methyl sites for hydroxylation is 1. The van der Waals surface area contributed by atoms with E-state index in [1.54, 1.807) is 12.4 Å². The van der Waals surface area contributed by atoms with Crippen molar-refractivity contribution in [2.45, 2.75) is 23.3 Å². The van der Waals surface area contributed by atoms with E-state index in [4.69, 9.17) is 0 Å². The van der Waals surface area contributed by atoms with E-state index in [1.165, 1.54) is 7.05 Å². The lowest BCUT2D eigenvalue weighted by Crippen LogP contribution is -2.07. The molecule has 106 valence electrons. The highest BCUT2D eigenvalue weighted by Gasteiger charge is 2.31. The van der Waals surface area contributed by atoms with Crippen molar-refractivity contribution in [2.75, 3.05) is 12.4 Å². The van der Waals surface area contributed by atoms with Crippen LogP contribution in [0.3, 0.4) is 0 Å². The van der Waals surface area contributed by atoms with Gasteiger partial charge in [0.1, 0.15) is 10.8 Å². The first-order chi connectivity index (χ1) is 9.38. The first-order valence-electron chi connectivity index (χ1n) is 5.62. The number of nitrogens with one attached hydrogen (secondary N) is 1. The van der Waals surface area contributed by atoms with Crippen LogP contribution in [-0.4, -0.2) is 22.0 Å². The average molecular weight is 300 g/mol. The Hall–Kier alpha value is -1.83. The molecule has 0 saturated heterocycles. The van der Waals surface area contributed by atoms with Crippen LogP contribution < -0.4 is 5.32 Å². The van der Waals surface area contributed by atoms with Crippen molar-refractivity contribution in [2.24, 2.45) is 0 Å². The Morgan fingerprint density at radius 3 is 2.35 bits per heavy atom. The van der Waals surface area contributed by atoms with Gasteiger partial charge in [-0.25, -0.2) is 15.0 Å². The molecule has 0 radical (unpaired) electrons. The van der Waals surface area contributed by atoms with Crippen LogP contribution in [0, 0.1) is 6.92 Å². The van der Waals surface area contributed by atoms with E-state index in [0.29, 0.717) is 5.16 Å². The molecule has 0 aliphatic carbocycles. The van der Waals surface area contributed by atoms with Gasteiger partial charge in [-0.15, -0.1) is 0 Å². The zero-order chi connectivity index (χ0) is 14.8. The van der Waals surface area contributed by atoms with Crippen LogP contribution in [0.4, 0.5) is 19.0 Å². The van der Waals surface area contributed by atoms with Gasteiger partial charge in [-0.2, -0.15) is 13.2 Å². The highest BCUT2D eigenvalue weighted by molar-refractivity contribution is 7.99. The van der Waals surface area contributed by atoms with Gasteiger partial charge < -0.3 is 5.32 Å². The summed E-state index contributed by atoms with van der Waals surface area (Å²) in [7, 11) is 1.51. The van der Waals surface area contributed by atoms with Crippen LogP contribution >= 0.6 is 11.8 Å². The quantitative estimate of drug-likeness (QED) is 0.881. The van der Waals surface area contributed by atoms with E-state index in [2.05, 4.69) is 20.3 Å². The monoisotopic (exact) mass is 300 g/mol. The average Bonchev–Trinajstić information content (AvgIpc) is 2.40. The SMILES string of the molecule is CNc1cc(C(F)(F)F)cc(Sc2ncc(C)cn2)n1. The summed E-state index contributed by atoms with van der Waals surface area (Å²) in [5.41, 5.74) is 0.119. The molecule has 20 heavy (non-hydrogen) atoms. The van der Waals surface area contributed by atoms with Gasteiger partial charge in [-0.05, 0) is 36.4 Å². The Labute approximate surface area is 117 Å². The van der Waals surface area contributed by atoms with E-state index in [-0.39, 0.29) is 10.8 Å². The van der Waals surface area contributed by atoms with Crippen LogP contribution in [0.2, 0.25) is 0 Å². The van der Waals surface area contributed by atoms with E-state index >= 15 is 0 Å². The summed E-state index contributed by atoms with van der Waals surface area (Å²) in [6.07, 6.45) is -1.22. The second-order valence-corrected chi connectivity index (χ2v) is 4.96. The highest BCUT2D eigenvalue weighted by atomic mass is 32.2. The molecule has 0 aromatic carbocycles. The molecule has 0 saturated carbocycles. The van der Waals surface area contributed by atoms with Crippen molar-refractivity contribution in [1.82, 2.24) is 15.0 Å². The van der Waals surface area contributed by atoms with Crippen molar-refractivity contribution in [3.8, 4) is 0 Å². The number of halogens is 3. The van der Waals surface area contributed by atoms with Gasteiger partial charge in [0.15, 0.2) is 5.16 Å². The molecule has 0 amide bonds. The first kappa shape index (κ1) is 14.6. The predicted octanol–water partition coefficient (Wildman–Crippen LogP) is 3.39. The number of nitrogens with zero attached hydrogens (tertiary/aromatic N) is 3. The van der Waals surface area contributed by atoms with Crippen LogP contribution in [0.1, 0.15) is 11.1 Å². The maximum Gasteiger partial charge on any atom is 0.416 e. The van der Waals surface area contributed by atoms with Crippen LogP contribution in [-0.2, 0) is 6.18 Å². The van der Waals surface area contributed by atoms with Crippen molar-refractivity contribution < 1.29 is 13.2 Å². The summed E-state index contributed by atoms with van der Waals surface area (Å²) in [6.45, 7) is 1.83. The number of rotatable bonds is 3. The Morgan fingerprint density at radius 2 is 1.80 bits per heavy atom. The number of anilines is 1. The van der Waals surface area contributed by atoms with Gasteiger partial charge in [0.25, 0.3) is 0 Å². The van der Waals surface area contributed by atoms with Gasteiger partial charge in [-0.1, -0.05) is 0 Å². The van der Waals surface area contributed by atoms with Gasteiger partial charge >= 0.3 is 6.18 Å². The molecule has 0 bridgehead atoms. The number of pyridine rings is 1. The number of alkyl halides is 3. The third-order valence-corrected chi connectivity index (χ3v) is 3.15. The second kappa shape index (κ2) is 5.66. The summed E-state index contributed by atoms with van der Waals surface area (Å²) in [5, 5.41) is 3.15. The Bertz CT molecular complexity index is 599. The third kappa shape index (κ3) is 3.60. The minimum Gasteiger partial charge on any atom is -0.373 e. The first-order valence-corrected chi connectivity index (χ1v) is 6.43. The minimum atomic E-state index is -4.42. The van der Waals surface area contributed by atoms with E-state index < -0.39 is 11.7 Å². The Morgan fingerprint density at radius 1 is 1.15 bits per heavy atom. The molecule has 4 nitrogen and oxygen atoms in total. The molecule has 8 heteroatoms. The fraction of sp³-hybridized carbons (Fsp3) is 0.250. The Kier molecular flexibility index (Phi) is 4.12. The fourth-order valence-electron chi connectivity index (χ4n) is 1.38. The number of hydrogen-bond donors (Lipinski definition) is 1. The van der Waals surface area contributed by atoms with Gasteiger partial charge in [0, 0.05) is 19.4 Å². The van der Waals surface area contributed by atoms with Crippen LogP contribution in [0.25, 0.3) is 0 Å². The molecule has 2 rings (SSSR count). The predicted molar refractivity (Wildman–Crippen MR) is 69.7 cm³/mol. The van der Waals surface area contributed by atoms with E-state index in [9.17, 15) is 13.2 Å². The normalized spacial score (nSPS) is 11.4. The zero-order valence-electron chi connectivity index (χ0n) is 10.7. The molecule has 0 fully saturated rings. The fourth-order valence-corrected chi connectivity index (χ4v) is 2.10. The summed E-state index contributed by atoms with van der Waals surface area (Å²) < 4.78 is 38.3. The Balaban J connectivity index is 2.33. The summed E-state index contributed by atoms with van der Waals surface area (Å²) >= 11 is 0.983. The number of aromatic nitrogens is 3. The van der Waals surface area contributed by atoms with Crippen molar-refractivity contribution >= 4 is 17.6 Å². The maximum absolute atomic E-state index is 12.8. The molecule has 0 aliphatic heterocycles. The maximum atomic E-state index is 12.8. The lowest BCUT2D eigenvalue weighted by molar-refractivity contribution is -0.137. The van der Waals surface area contributed by atoms with E-state index in [0.717, 1.165) is 29.5 Å². The molecule has 1 N–H and O–H groups in total. The molecule has 0 atom stereocenters. The largest absolute Gasteiger partial charge is 0.416 e. The lowest BCUT2D eigenvalue weighted by Gasteiger charge is -2.10. The molecule has 0 aliphatic rings. The molecular formula is C12H11F3N4S. The van der Waals surface area contributed by atoms with E-state index in [1.807, 2.05) is 6.92 Å². The minimum absolute atomic E-state index is 0.148. The van der Waals surface area contributed by atoms with Gasteiger partial charge in [-0.3, -0.25) is 0 Å². The van der Waals surface area contributed by atoms with Gasteiger partial charge in [0.2, 0.25) is 0 Å². The van der Waals surface area contributed by atoms with Crippen LogP contribution in [0.5, 0.6) is 0 Å². The van der Waals surface area contributed by atoms with Crippen LogP contribution in [0.15, 0.2) is 34.7 Å². The zero-order valence-corrected chi connectivity index (χ0v) is 11.5. The summed E-state index contributed by atoms with van der Waals surface area (Å²) in [5.74, 6) is 0.148. The summed E-state index contributed by atoms with van der Waals surface area (Å²) in [6, 6.07) is 1.94. The molecule has 2 heterocycles. The highest BCUT2D eigenvalue weighted by Crippen LogP contribution is 2.34. The molecular weight excluding hydrogens is 289 g/mol. The molecule has 0 spiro atoms. The smallest absolute Gasteiger partial charge is 0.373 e. The van der Waals surface area contributed by atoms with Crippen molar-refractivity contribution in [1.29, 1.82) is 0 Å². The van der Waals surface area contributed by atoms with Gasteiger partial charge in [0.05, 0.1) is 5.56 Å². The van der Waals surface area contributed by atoms with Crippen molar-refractivity contribution in [3.63, 3.8) is 0 Å². The second-order valence-electron chi connectivity index (χ2n) is 3.97. The number of hydrogen-bond acceptors (Lipinski definition) is 5. The standard InChI is InChI=1S/C12H11F3N4S/c1-7-5-17-11(18-6-7)20-10-4-8(12(13,14)15)3-9(16-2)19-10/h3-6H,1-2H3,(H,16,19). The molecule has 0 unspecified atom stereocenters.